The predicted molar refractivity (Wildman–Crippen MR) is 175 cm³/mol. The van der Waals surface area contributed by atoms with Gasteiger partial charge in [0, 0.05) is 60.8 Å². The maximum Gasteiger partial charge on any atom is 0.321 e. The molecule has 4 N–H and O–H groups in total. The number of aryl methyl sites for hydroxylation is 1. The number of piperidine rings is 1. The Balaban J connectivity index is 1.09. The zero-order valence-corrected chi connectivity index (χ0v) is 26.7. The van der Waals surface area contributed by atoms with E-state index in [0.717, 1.165) is 59.6 Å². The summed E-state index contributed by atoms with van der Waals surface area (Å²) >= 11 is 0. The quantitative estimate of drug-likeness (QED) is 0.292. The molecule has 244 valence electrons. The fourth-order valence-electron chi connectivity index (χ4n) is 8.89. The molecule has 5 aliphatic rings. The second kappa shape index (κ2) is 10.5. The number of carbonyl (C=O) groups excluding carboxylic acids is 3. The Kier molecular flexibility index (Phi) is 6.44. The number of nitrogens with two attached hydrogens (primary N) is 1. The van der Waals surface area contributed by atoms with Crippen molar-refractivity contribution < 1.29 is 19.1 Å². The number of fused-ring (bicyclic) bond motifs is 5. The number of nitrogens with one attached hydrogen (secondary N) is 2. The molecule has 4 amide bonds. The van der Waals surface area contributed by atoms with E-state index in [4.69, 9.17) is 20.4 Å². The number of methoxy groups -OCH3 is 1. The lowest BCUT2D eigenvalue weighted by molar-refractivity contribution is -0.126. The summed E-state index contributed by atoms with van der Waals surface area (Å²) in [5.74, 6) is 2.16. The number of ether oxygens (including phenoxy) is 1. The van der Waals surface area contributed by atoms with Crippen molar-refractivity contribution in [3.63, 3.8) is 0 Å². The highest BCUT2D eigenvalue weighted by Crippen LogP contribution is 2.41. The normalized spacial score (nSPS) is 28.5. The van der Waals surface area contributed by atoms with Crippen LogP contribution in [0.2, 0.25) is 0 Å². The number of likely N-dealkylation sites (tertiary alicyclic amines) is 1. The summed E-state index contributed by atoms with van der Waals surface area (Å²) < 4.78 is 10.2. The number of carbonyl (C=O) groups is 3. The topological polar surface area (TPSA) is 149 Å². The van der Waals surface area contributed by atoms with E-state index in [1.165, 1.54) is 12.8 Å². The lowest BCUT2D eigenvalue weighted by Gasteiger charge is -2.38. The van der Waals surface area contributed by atoms with Gasteiger partial charge in [0.05, 0.1) is 24.2 Å². The third-order valence-corrected chi connectivity index (χ3v) is 11.6. The number of hydrogen-bond acceptors (Lipinski definition) is 7. The molecule has 47 heavy (non-hydrogen) atoms. The minimum atomic E-state index is -0.411. The molecule has 9 rings (SSSR count). The molecule has 12 heteroatoms. The first-order valence-electron chi connectivity index (χ1n) is 17.0. The second-order valence-electron chi connectivity index (χ2n) is 14.4. The molecule has 6 atom stereocenters. The number of urea groups is 1. The molecule has 5 heterocycles. The number of benzene rings is 1. The lowest BCUT2D eigenvalue weighted by atomic mass is 9.75. The van der Waals surface area contributed by atoms with E-state index in [1.807, 2.05) is 24.1 Å². The monoisotopic (exact) mass is 636 g/mol. The van der Waals surface area contributed by atoms with Gasteiger partial charge in [-0.25, -0.2) is 14.8 Å². The third kappa shape index (κ3) is 4.55. The Bertz CT molecular complexity index is 1980. The summed E-state index contributed by atoms with van der Waals surface area (Å²) in [6, 6.07) is 9.70. The zero-order chi connectivity index (χ0) is 32.1. The number of imidazole rings is 1. The molecule has 2 bridgehead atoms. The minimum Gasteiger partial charge on any atom is -0.494 e. The van der Waals surface area contributed by atoms with Gasteiger partial charge in [-0.15, -0.1) is 0 Å². The summed E-state index contributed by atoms with van der Waals surface area (Å²) in [5, 5.41) is 6.42. The van der Waals surface area contributed by atoms with Crippen LogP contribution in [-0.2, 0) is 18.4 Å². The molecular formula is C35H40N8O4. The van der Waals surface area contributed by atoms with Crippen molar-refractivity contribution in [3.05, 3.63) is 41.6 Å². The fourth-order valence-corrected chi connectivity index (χ4v) is 8.89. The molecule has 3 aliphatic carbocycles. The molecule has 2 aliphatic heterocycles. The van der Waals surface area contributed by atoms with Crippen LogP contribution >= 0.6 is 0 Å². The van der Waals surface area contributed by atoms with Gasteiger partial charge in [0.2, 0.25) is 5.91 Å². The van der Waals surface area contributed by atoms with Crippen LogP contribution in [0, 0.1) is 17.8 Å². The van der Waals surface area contributed by atoms with Gasteiger partial charge in [-0.3, -0.25) is 14.9 Å². The number of imide groups is 1. The van der Waals surface area contributed by atoms with Crippen LogP contribution in [0.1, 0.15) is 66.9 Å². The number of nitrogens with zero attached hydrogens (tertiary/aromatic N) is 5. The van der Waals surface area contributed by atoms with Gasteiger partial charge in [-0.05, 0) is 87.1 Å². The highest BCUT2D eigenvalue weighted by atomic mass is 16.5. The molecule has 3 saturated carbocycles. The highest BCUT2D eigenvalue weighted by Gasteiger charge is 2.47. The number of hydrogen-bond donors (Lipinski definition) is 3. The largest absolute Gasteiger partial charge is 0.494 e. The van der Waals surface area contributed by atoms with Crippen LogP contribution in [0.15, 0.2) is 30.3 Å². The average molecular weight is 637 g/mol. The Hall–Kier alpha value is -4.45. The standard InChI is InChI=1S/C35H40N8O4/c1-41-30-25(12-21(14-28(30)47-2)34(45)43-16-20-7-10-26(43)29(20)36)38-32(41)27-13-19-6-9-23(37-31(19)42(27)15-17-3-4-17)18-5-8-22-24(11-18)39-35(46)40-33(22)44/h6,9,12-14,17-18,20,22,24,26,29H,3-5,7-8,10-11,15-16,36H2,1-2H3,(H2,39,40,44,46)/t18?,20?,22?,24?,26?,29-/m1/s1. The summed E-state index contributed by atoms with van der Waals surface area (Å²) in [5.41, 5.74) is 11.4. The molecule has 0 radical (unpaired) electrons. The van der Waals surface area contributed by atoms with Gasteiger partial charge in [-0.2, -0.15) is 0 Å². The molecule has 5 fully saturated rings. The van der Waals surface area contributed by atoms with Crippen LogP contribution in [0.25, 0.3) is 33.6 Å². The summed E-state index contributed by atoms with van der Waals surface area (Å²) in [4.78, 5) is 50.5. The van der Waals surface area contributed by atoms with Crippen molar-refractivity contribution in [2.24, 2.45) is 30.5 Å². The third-order valence-electron chi connectivity index (χ3n) is 11.6. The van der Waals surface area contributed by atoms with Crippen LogP contribution in [-0.4, -0.2) is 73.6 Å². The second-order valence-corrected chi connectivity index (χ2v) is 14.4. The van der Waals surface area contributed by atoms with Crippen molar-refractivity contribution in [2.45, 2.75) is 75.5 Å². The van der Waals surface area contributed by atoms with Crippen LogP contribution in [0.3, 0.4) is 0 Å². The molecule has 12 nitrogen and oxygen atoms in total. The van der Waals surface area contributed by atoms with Crippen LogP contribution in [0.4, 0.5) is 4.79 Å². The lowest BCUT2D eigenvalue weighted by Crippen LogP contribution is -2.59. The zero-order valence-electron chi connectivity index (χ0n) is 26.7. The average Bonchev–Trinajstić information content (AvgIpc) is 3.47. The van der Waals surface area contributed by atoms with E-state index in [1.54, 1.807) is 7.11 Å². The molecule has 5 unspecified atom stereocenters. The Labute approximate surface area is 272 Å². The maximum atomic E-state index is 13.8. The first-order chi connectivity index (χ1) is 22.8. The maximum absolute atomic E-state index is 13.8. The highest BCUT2D eigenvalue weighted by molar-refractivity contribution is 6.01. The van der Waals surface area contributed by atoms with Crippen LogP contribution in [0.5, 0.6) is 5.75 Å². The molecule has 2 saturated heterocycles. The fraction of sp³-hybridized carbons (Fsp3) is 0.514. The predicted octanol–water partition coefficient (Wildman–Crippen LogP) is 3.66. The first-order valence-corrected chi connectivity index (χ1v) is 17.0. The van der Waals surface area contributed by atoms with Gasteiger partial charge in [0.15, 0.2) is 5.82 Å². The number of amides is 4. The van der Waals surface area contributed by atoms with Gasteiger partial charge < -0.3 is 29.8 Å². The van der Waals surface area contributed by atoms with Crippen molar-refractivity contribution in [3.8, 4) is 17.3 Å². The van der Waals surface area contributed by atoms with E-state index >= 15 is 0 Å². The van der Waals surface area contributed by atoms with Crippen molar-refractivity contribution in [1.29, 1.82) is 0 Å². The van der Waals surface area contributed by atoms with Crippen molar-refractivity contribution in [2.75, 3.05) is 13.7 Å². The Morgan fingerprint density at radius 3 is 2.66 bits per heavy atom. The van der Waals surface area contributed by atoms with Crippen molar-refractivity contribution >= 4 is 39.9 Å². The number of pyridine rings is 1. The summed E-state index contributed by atoms with van der Waals surface area (Å²) in [6.07, 6.45) is 6.68. The van der Waals surface area contributed by atoms with E-state index in [-0.39, 0.29) is 41.8 Å². The summed E-state index contributed by atoms with van der Waals surface area (Å²) in [6.45, 7) is 1.56. The summed E-state index contributed by atoms with van der Waals surface area (Å²) in [7, 11) is 3.63. The molecule has 0 spiro atoms. The minimum absolute atomic E-state index is 0.0120. The molecule has 3 aromatic heterocycles. The Morgan fingerprint density at radius 2 is 1.91 bits per heavy atom. The van der Waals surface area contributed by atoms with Gasteiger partial charge in [0.1, 0.15) is 16.9 Å². The smallest absolute Gasteiger partial charge is 0.321 e. The van der Waals surface area contributed by atoms with Crippen molar-refractivity contribution in [1.82, 2.24) is 34.6 Å². The molecule has 1 aromatic carbocycles. The van der Waals surface area contributed by atoms with E-state index < -0.39 is 6.03 Å². The molecular weight excluding hydrogens is 596 g/mol. The van der Waals surface area contributed by atoms with E-state index in [2.05, 4.69) is 38.0 Å². The number of rotatable bonds is 6. The van der Waals surface area contributed by atoms with Gasteiger partial charge >= 0.3 is 6.03 Å². The number of aromatic nitrogens is 4. The molecule has 4 aromatic rings. The van der Waals surface area contributed by atoms with Gasteiger partial charge in [0.25, 0.3) is 5.91 Å². The first kappa shape index (κ1) is 28.7. The van der Waals surface area contributed by atoms with E-state index in [0.29, 0.717) is 48.1 Å². The SMILES string of the molecule is COc1cc(C(=O)N2CC3CCC2[C@@H]3N)cc2nc(-c3cc4ccc(C5CCC6C(=O)NC(=O)NC6C5)nc4n3CC3CC3)n(C)c12. The van der Waals surface area contributed by atoms with Crippen LogP contribution < -0.4 is 21.1 Å². The van der Waals surface area contributed by atoms with Gasteiger partial charge in [-0.1, -0.05) is 0 Å². The Morgan fingerprint density at radius 1 is 1.06 bits per heavy atom. The van der Waals surface area contributed by atoms with E-state index in [9.17, 15) is 14.4 Å².